The molecule has 0 aliphatic carbocycles. The number of benzene rings is 1. The number of allylic oxidation sites excluding steroid dienone is 1. The first-order valence-corrected chi connectivity index (χ1v) is 6.36. The van der Waals surface area contributed by atoms with Gasteiger partial charge in [0.1, 0.15) is 0 Å². The smallest absolute Gasteiger partial charge is 0.307 e. The molecule has 1 aromatic rings. The number of aliphatic carboxylic acids is 1. The van der Waals surface area contributed by atoms with Gasteiger partial charge in [0.25, 0.3) is 0 Å². The van der Waals surface area contributed by atoms with Crippen LogP contribution in [-0.2, 0) is 11.2 Å². The molecule has 4 heteroatoms. The van der Waals surface area contributed by atoms with Crippen LogP contribution in [0.5, 0.6) is 0 Å². The quantitative estimate of drug-likeness (QED) is 0.841. The minimum Gasteiger partial charge on any atom is -0.481 e. The molecular formula is C12H12BrClO2. The van der Waals surface area contributed by atoms with Crippen LogP contribution in [0.3, 0.4) is 0 Å². The third-order valence-corrected chi connectivity index (χ3v) is 2.71. The molecule has 1 N–H and O–H groups in total. The second kappa shape index (κ2) is 6.71. The van der Waals surface area contributed by atoms with Gasteiger partial charge in [0, 0.05) is 10.4 Å². The Bertz CT molecular complexity index is 402. The van der Waals surface area contributed by atoms with Gasteiger partial charge in [-0.05, 0) is 29.7 Å². The highest BCUT2D eigenvalue weighted by Crippen LogP contribution is 2.18. The minimum absolute atomic E-state index is 0.00541. The van der Waals surface area contributed by atoms with Crippen LogP contribution >= 0.6 is 27.5 Å². The van der Waals surface area contributed by atoms with Crippen LogP contribution in [-0.4, -0.2) is 16.4 Å². The average Bonchev–Trinajstić information content (AvgIpc) is 2.20. The van der Waals surface area contributed by atoms with Crippen LogP contribution < -0.4 is 0 Å². The molecule has 0 spiro atoms. The van der Waals surface area contributed by atoms with Crippen LogP contribution in [0.2, 0.25) is 5.02 Å². The molecule has 0 aromatic heterocycles. The predicted molar refractivity (Wildman–Crippen MR) is 70.2 cm³/mol. The van der Waals surface area contributed by atoms with E-state index in [0.29, 0.717) is 5.02 Å². The standard InChI is InChI=1S/C12H12BrClO2/c13-6-2-1-3-9-4-5-11(14)7-10(9)8-12(15)16/h1,3-5,7H,2,6,8H2,(H,15,16). The summed E-state index contributed by atoms with van der Waals surface area (Å²) in [5.74, 6) is -0.850. The molecule has 0 amide bonds. The van der Waals surface area contributed by atoms with E-state index in [2.05, 4.69) is 15.9 Å². The molecule has 0 aliphatic heterocycles. The maximum absolute atomic E-state index is 10.7. The summed E-state index contributed by atoms with van der Waals surface area (Å²) in [5.41, 5.74) is 1.65. The Morgan fingerprint density at radius 3 is 2.88 bits per heavy atom. The fourth-order valence-electron chi connectivity index (χ4n) is 1.33. The Balaban J connectivity index is 2.93. The highest BCUT2D eigenvalue weighted by molar-refractivity contribution is 9.09. The summed E-state index contributed by atoms with van der Waals surface area (Å²) in [6.07, 6.45) is 4.84. The van der Waals surface area contributed by atoms with E-state index in [4.69, 9.17) is 16.7 Å². The molecule has 0 aliphatic rings. The topological polar surface area (TPSA) is 37.3 Å². The van der Waals surface area contributed by atoms with Crippen molar-refractivity contribution in [1.82, 2.24) is 0 Å². The van der Waals surface area contributed by atoms with Crippen molar-refractivity contribution >= 4 is 39.6 Å². The SMILES string of the molecule is O=C(O)Cc1cc(Cl)ccc1C=CCCBr. The van der Waals surface area contributed by atoms with Gasteiger partial charge in [-0.3, -0.25) is 4.79 Å². The second-order valence-corrected chi connectivity index (χ2v) is 4.52. The molecule has 2 nitrogen and oxygen atoms in total. The van der Waals surface area contributed by atoms with Gasteiger partial charge in [0.2, 0.25) is 0 Å². The first-order chi connectivity index (χ1) is 7.63. The monoisotopic (exact) mass is 302 g/mol. The van der Waals surface area contributed by atoms with Gasteiger partial charge in [-0.2, -0.15) is 0 Å². The van der Waals surface area contributed by atoms with Crippen molar-refractivity contribution in [1.29, 1.82) is 0 Å². The first kappa shape index (κ1) is 13.3. The minimum atomic E-state index is -0.850. The van der Waals surface area contributed by atoms with E-state index < -0.39 is 5.97 Å². The van der Waals surface area contributed by atoms with Gasteiger partial charge in [-0.25, -0.2) is 0 Å². The van der Waals surface area contributed by atoms with E-state index in [9.17, 15) is 4.79 Å². The molecule has 0 atom stereocenters. The van der Waals surface area contributed by atoms with E-state index in [0.717, 1.165) is 22.9 Å². The van der Waals surface area contributed by atoms with Crippen molar-refractivity contribution in [2.45, 2.75) is 12.8 Å². The Kier molecular flexibility index (Phi) is 5.56. The summed E-state index contributed by atoms with van der Waals surface area (Å²) in [5, 5.41) is 10.2. The number of rotatable bonds is 5. The molecule has 0 saturated carbocycles. The van der Waals surface area contributed by atoms with Gasteiger partial charge >= 0.3 is 5.97 Å². The highest BCUT2D eigenvalue weighted by Gasteiger charge is 2.05. The third kappa shape index (κ3) is 4.37. The van der Waals surface area contributed by atoms with E-state index in [1.165, 1.54) is 0 Å². The van der Waals surface area contributed by atoms with Gasteiger partial charge in [-0.1, -0.05) is 45.7 Å². The Labute approximate surface area is 108 Å². The molecular weight excluding hydrogens is 291 g/mol. The average molecular weight is 304 g/mol. The van der Waals surface area contributed by atoms with Crippen molar-refractivity contribution in [3.05, 3.63) is 40.4 Å². The van der Waals surface area contributed by atoms with Gasteiger partial charge < -0.3 is 5.11 Å². The van der Waals surface area contributed by atoms with Gasteiger partial charge in [-0.15, -0.1) is 0 Å². The fourth-order valence-corrected chi connectivity index (χ4v) is 1.79. The van der Waals surface area contributed by atoms with Gasteiger partial charge in [0.05, 0.1) is 6.42 Å². The Morgan fingerprint density at radius 1 is 1.50 bits per heavy atom. The number of hydrogen-bond donors (Lipinski definition) is 1. The van der Waals surface area contributed by atoms with Crippen LogP contribution in [0.4, 0.5) is 0 Å². The lowest BCUT2D eigenvalue weighted by Crippen LogP contribution is -2.01. The molecule has 0 radical (unpaired) electrons. The Morgan fingerprint density at radius 2 is 2.25 bits per heavy atom. The lowest BCUT2D eigenvalue weighted by atomic mass is 10.0. The maximum Gasteiger partial charge on any atom is 0.307 e. The molecule has 0 saturated heterocycles. The third-order valence-electron chi connectivity index (χ3n) is 2.02. The van der Waals surface area contributed by atoms with Crippen molar-refractivity contribution in [2.75, 3.05) is 5.33 Å². The molecule has 0 bridgehead atoms. The summed E-state index contributed by atoms with van der Waals surface area (Å²) < 4.78 is 0. The number of carboxylic acids is 1. The fraction of sp³-hybridized carbons (Fsp3) is 0.250. The van der Waals surface area contributed by atoms with E-state index >= 15 is 0 Å². The normalized spacial score (nSPS) is 10.9. The highest BCUT2D eigenvalue weighted by atomic mass is 79.9. The summed E-state index contributed by atoms with van der Waals surface area (Å²) in [6.45, 7) is 0. The lowest BCUT2D eigenvalue weighted by Gasteiger charge is -2.04. The summed E-state index contributed by atoms with van der Waals surface area (Å²) >= 11 is 9.16. The number of carbonyl (C=O) groups is 1. The van der Waals surface area contributed by atoms with E-state index in [1.54, 1.807) is 12.1 Å². The van der Waals surface area contributed by atoms with Crippen LogP contribution in [0.1, 0.15) is 17.5 Å². The van der Waals surface area contributed by atoms with Crippen molar-refractivity contribution < 1.29 is 9.90 Å². The van der Waals surface area contributed by atoms with E-state index in [-0.39, 0.29) is 6.42 Å². The largest absolute Gasteiger partial charge is 0.481 e. The number of hydrogen-bond acceptors (Lipinski definition) is 1. The molecule has 16 heavy (non-hydrogen) atoms. The maximum atomic E-state index is 10.7. The predicted octanol–water partition coefficient (Wildman–Crippen LogP) is 3.77. The molecule has 0 fully saturated rings. The number of carboxylic acid groups (broad SMARTS) is 1. The van der Waals surface area contributed by atoms with Crippen LogP contribution in [0.25, 0.3) is 6.08 Å². The zero-order valence-corrected chi connectivity index (χ0v) is 11.0. The Hall–Kier alpha value is -0.800. The second-order valence-electron chi connectivity index (χ2n) is 3.29. The van der Waals surface area contributed by atoms with E-state index in [1.807, 2.05) is 18.2 Å². The van der Waals surface area contributed by atoms with Gasteiger partial charge in [0.15, 0.2) is 0 Å². The number of halogens is 2. The zero-order valence-electron chi connectivity index (χ0n) is 8.62. The molecule has 0 heterocycles. The zero-order chi connectivity index (χ0) is 12.0. The van der Waals surface area contributed by atoms with Crippen molar-refractivity contribution in [3.63, 3.8) is 0 Å². The molecule has 0 unspecified atom stereocenters. The van der Waals surface area contributed by atoms with Crippen molar-refractivity contribution in [2.24, 2.45) is 0 Å². The van der Waals surface area contributed by atoms with Crippen LogP contribution in [0.15, 0.2) is 24.3 Å². The summed E-state index contributed by atoms with van der Waals surface area (Å²) in [4.78, 5) is 10.7. The van der Waals surface area contributed by atoms with Crippen molar-refractivity contribution in [3.8, 4) is 0 Å². The summed E-state index contributed by atoms with van der Waals surface area (Å²) in [6, 6.07) is 5.30. The number of alkyl halides is 1. The molecule has 86 valence electrons. The summed E-state index contributed by atoms with van der Waals surface area (Å²) in [7, 11) is 0. The first-order valence-electron chi connectivity index (χ1n) is 4.86. The van der Waals surface area contributed by atoms with Crippen LogP contribution in [0, 0.1) is 0 Å². The molecule has 1 rings (SSSR count). The molecule has 1 aromatic carbocycles. The lowest BCUT2D eigenvalue weighted by molar-refractivity contribution is -0.136.